The molecule has 0 atom stereocenters. The zero-order valence-electron chi connectivity index (χ0n) is 20.5. The van der Waals surface area contributed by atoms with Crippen molar-refractivity contribution in [3.63, 3.8) is 0 Å². The number of ether oxygens (including phenoxy) is 3. The van der Waals surface area contributed by atoms with Crippen molar-refractivity contribution in [1.29, 1.82) is 0 Å². The van der Waals surface area contributed by atoms with E-state index >= 15 is 0 Å². The van der Waals surface area contributed by atoms with E-state index in [1.54, 1.807) is 42.6 Å². The Morgan fingerprint density at radius 3 is 2.15 bits per heavy atom. The molecule has 0 bridgehead atoms. The van der Waals surface area contributed by atoms with Crippen LogP contribution in [0.25, 0.3) is 16.5 Å². The van der Waals surface area contributed by atoms with Crippen LogP contribution in [0.5, 0.6) is 17.2 Å². The molecule has 0 aliphatic heterocycles. The van der Waals surface area contributed by atoms with E-state index in [9.17, 15) is 9.59 Å². The number of likely N-dealkylation sites (N-methyl/N-ethyl adjacent to an activating group) is 1. The first-order valence-electron chi connectivity index (χ1n) is 11.5. The first-order chi connectivity index (χ1) is 16.5. The van der Waals surface area contributed by atoms with Gasteiger partial charge in [-0.15, -0.1) is 0 Å². The lowest BCUT2D eigenvalue weighted by atomic mass is 10.0. The summed E-state index contributed by atoms with van der Waals surface area (Å²) in [5.41, 5.74) is 0.742. The van der Waals surface area contributed by atoms with Crippen LogP contribution in [0.2, 0.25) is 0 Å². The van der Waals surface area contributed by atoms with Gasteiger partial charge < -0.3 is 24.4 Å². The molecule has 2 aromatic carbocycles. The molecule has 0 spiro atoms. The van der Waals surface area contributed by atoms with Crippen LogP contribution in [0.3, 0.4) is 0 Å². The molecular weight excluding hydrogens is 434 g/mol. The van der Waals surface area contributed by atoms with Gasteiger partial charge in [0.25, 0.3) is 11.5 Å². The molecule has 3 rings (SSSR count). The van der Waals surface area contributed by atoms with Crippen molar-refractivity contribution in [2.45, 2.75) is 20.8 Å². The second-order valence-corrected chi connectivity index (χ2v) is 7.68. The third-order valence-corrected chi connectivity index (χ3v) is 5.80. The van der Waals surface area contributed by atoms with Crippen LogP contribution >= 0.6 is 0 Å². The first kappa shape index (κ1) is 25.1. The minimum Gasteiger partial charge on any atom is -0.494 e. The summed E-state index contributed by atoms with van der Waals surface area (Å²) in [4.78, 5) is 29.0. The topological polar surface area (TPSA) is 82.0 Å². The van der Waals surface area contributed by atoms with Crippen molar-refractivity contribution < 1.29 is 19.0 Å². The van der Waals surface area contributed by atoms with Gasteiger partial charge in [-0.1, -0.05) is 13.8 Å². The summed E-state index contributed by atoms with van der Waals surface area (Å²) in [5.74, 6) is 1.32. The number of fused-ring (bicyclic) bond motifs is 1. The van der Waals surface area contributed by atoms with Crippen molar-refractivity contribution in [2.75, 3.05) is 47.0 Å². The third kappa shape index (κ3) is 5.34. The van der Waals surface area contributed by atoms with Crippen LogP contribution in [0.1, 0.15) is 31.1 Å². The molecule has 3 aromatic rings. The van der Waals surface area contributed by atoms with Crippen LogP contribution < -0.4 is 25.1 Å². The van der Waals surface area contributed by atoms with Crippen molar-refractivity contribution in [1.82, 2.24) is 14.8 Å². The van der Waals surface area contributed by atoms with Gasteiger partial charge in [0, 0.05) is 30.4 Å². The van der Waals surface area contributed by atoms with Crippen molar-refractivity contribution in [3.05, 3.63) is 58.5 Å². The first-order valence-corrected chi connectivity index (χ1v) is 11.5. The maximum Gasteiger partial charge on any atom is 0.263 e. The van der Waals surface area contributed by atoms with Gasteiger partial charge in [-0.25, -0.2) is 0 Å². The Kier molecular flexibility index (Phi) is 8.54. The Hall–Kier alpha value is -3.52. The summed E-state index contributed by atoms with van der Waals surface area (Å²) in [6.07, 6.45) is 1.58. The molecular formula is C26H33N3O5. The SMILES string of the molecule is CCOc1ccc(-n2cc(C(=O)NCCN(CC)CC)c3cc(OC)c(OC)cc3c2=O)cc1. The van der Waals surface area contributed by atoms with Crippen LogP contribution in [0, 0.1) is 0 Å². The fraction of sp³-hybridized carbons (Fsp3) is 0.385. The molecule has 8 heteroatoms. The molecule has 1 N–H and O–H groups in total. The zero-order chi connectivity index (χ0) is 24.7. The van der Waals surface area contributed by atoms with Crippen molar-refractivity contribution >= 4 is 16.7 Å². The molecule has 0 unspecified atom stereocenters. The molecule has 0 saturated heterocycles. The number of hydrogen-bond acceptors (Lipinski definition) is 6. The maximum absolute atomic E-state index is 13.5. The fourth-order valence-corrected chi connectivity index (χ4v) is 3.87. The number of rotatable bonds is 11. The van der Waals surface area contributed by atoms with Gasteiger partial charge in [0.1, 0.15) is 5.75 Å². The summed E-state index contributed by atoms with van der Waals surface area (Å²) in [6, 6.07) is 10.5. The number of carbonyl (C=O) groups is 1. The minimum atomic E-state index is -0.264. The van der Waals surface area contributed by atoms with Crippen LogP contribution in [-0.4, -0.2) is 62.4 Å². The number of benzene rings is 2. The summed E-state index contributed by atoms with van der Waals surface area (Å²) in [7, 11) is 3.03. The number of amides is 1. The smallest absolute Gasteiger partial charge is 0.263 e. The van der Waals surface area contributed by atoms with Gasteiger partial charge in [-0.2, -0.15) is 0 Å². The van der Waals surface area contributed by atoms with Gasteiger partial charge in [-0.05, 0) is 56.4 Å². The van der Waals surface area contributed by atoms with Gasteiger partial charge in [0.05, 0.1) is 31.8 Å². The van der Waals surface area contributed by atoms with Crippen LogP contribution in [0.15, 0.2) is 47.4 Å². The molecule has 182 valence electrons. The van der Waals surface area contributed by atoms with Gasteiger partial charge in [-0.3, -0.25) is 14.2 Å². The van der Waals surface area contributed by atoms with E-state index < -0.39 is 0 Å². The molecule has 1 amide bonds. The number of nitrogens with one attached hydrogen (secondary N) is 1. The van der Waals surface area contributed by atoms with E-state index in [1.807, 2.05) is 6.92 Å². The normalized spacial score (nSPS) is 11.0. The molecule has 1 aromatic heterocycles. The number of carbonyl (C=O) groups excluding carboxylic acids is 1. The lowest BCUT2D eigenvalue weighted by Gasteiger charge is -2.19. The zero-order valence-corrected chi connectivity index (χ0v) is 20.5. The van der Waals surface area contributed by atoms with Crippen molar-refractivity contribution in [3.8, 4) is 22.9 Å². The number of pyridine rings is 1. The van der Waals surface area contributed by atoms with E-state index in [-0.39, 0.29) is 11.5 Å². The molecule has 0 fully saturated rings. The molecule has 1 heterocycles. The van der Waals surface area contributed by atoms with Crippen LogP contribution in [0.4, 0.5) is 0 Å². The third-order valence-electron chi connectivity index (χ3n) is 5.80. The van der Waals surface area contributed by atoms with Gasteiger partial charge in [0.2, 0.25) is 0 Å². The highest BCUT2D eigenvalue weighted by molar-refractivity contribution is 6.07. The second kappa shape index (κ2) is 11.6. The Balaban J connectivity index is 2.11. The van der Waals surface area contributed by atoms with E-state index in [0.29, 0.717) is 52.4 Å². The maximum atomic E-state index is 13.5. The highest BCUT2D eigenvalue weighted by Crippen LogP contribution is 2.32. The van der Waals surface area contributed by atoms with Crippen molar-refractivity contribution in [2.24, 2.45) is 0 Å². The highest BCUT2D eigenvalue weighted by Gasteiger charge is 2.19. The monoisotopic (exact) mass is 467 g/mol. The summed E-state index contributed by atoms with van der Waals surface area (Å²) >= 11 is 0. The Morgan fingerprint density at radius 1 is 0.971 bits per heavy atom. The van der Waals surface area contributed by atoms with E-state index in [1.165, 1.54) is 18.8 Å². The predicted molar refractivity (Wildman–Crippen MR) is 134 cm³/mol. The molecule has 0 aliphatic carbocycles. The molecule has 0 aliphatic rings. The molecule has 8 nitrogen and oxygen atoms in total. The average molecular weight is 468 g/mol. The predicted octanol–water partition coefficient (Wildman–Crippen LogP) is 3.48. The Labute approximate surface area is 200 Å². The summed E-state index contributed by atoms with van der Waals surface area (Å²) in [5, 5.41) is 3.86. The Bertz CT molecular complexity index is 1180. The molecule has 34 heavy (non-hydrogen) atoms. The number of hydrogen-bond donors (Lipinski definition) is 1. The quantitative estimate of drug-likeness (QED) is 0.465. The largest absolute Gasteiger partial charge is 0.494 e. The fourth-order valence-electron chi connectivity index (χ4n) is 3.87. The van der Waals surface area contributed by atoms with E-state index in [2.05, 4.69) is 24.1 Å². The standard InChI is InChI=1S/C26H33N3O5/c1-6-28(7-2)14-13-27-25(30)22-17-29(18-9-11-19(12-10-18)34-8-3)26(31)21-16-24(33-5)23(32-4)15-20(21)22/h9-12,15-17H,6-8,13-14H2,1-5H3,(H,27,30). The lowest BCUT2D eigenvalue weighted by molar-refractivity contribution is 0.0950. The lowest BCUT2D eigenvalue weighted by Crippen LogP contribution is -2.35. The highest BCUT2D eigenvalue weighted by atomic mass is 16.5. The Morgan fingerprint density at radius 2 is 1.59 bits per heavy atom. The second-order valence-electron chi connectivity index (χ2n) is 7.68. The minimum absolute atomic E-state index is 0.260. The summed E-state index contributed by atoms with van der Waals surface area (Å²) < 4.78 is 17.8. The average Bonchev–Trinajstić information content (AvgIpc) is 2.86. The van der Waals surface area contributed by atoms with Gasteiger partial charge in [0.15, 0.2) is 11.5 Å². The van der Waals surface area contributed by atoms with Gasteiger partial charge >= 0.3 is 0 Å². The van der Waals surface area contributed by atoms with E-state index in [0.717, 1.165) is 19.6 Å². The summed E-state index contributed by atoms with van der Waals surface area (Å²) in [6.45, 7) is 9.70. The molecule has 0 saturated carbocycles. The number of aromatic nitrogens is 1. The molecule has 0 radical (unpaired) electrons. The van der Waals surface area contributed by atoms with Crippen LogP contribution in [-0.2, 0) is 0 Å². The van der Waals surface area contributed by atoms with E-state index in [4.69, 9.17) is 14.2 Å². The number of nitrogens with zero attached hydrogens (tertiary/aromatic N) is 2. The number of methoxy groups -OCH3 is 2.